The third kappa shape index (κ3) is 5.66. The summed E-state index contributed by atoms with van der Waals surface area (Å²) in [5.41, 5.74) is 1.21. The van der Waals surface area contributed by atoms with Crippen LogP contribution in [0.4, 0.5) is 10.1 Å². The van der Waals surface area contributed by atoms with Gasteiger partial charge in [0.25, 0.3) is 0 Å². The van der Waals surface area contributed by atoms with Gasteiger partial charge in [-0.05, 0) is 45.4 Å². The lowest BCUT2D eigenvalue weighted by Gasteiger charge is -2.20. The molecule has 0 unspecified atom stereocenters. The summed E-state index contributed by atoms with van der Waals surface area (Å²) in [7, 11) is 0. The van der Waals surface area contributed by atoms with Gasteiger partial charge < -0.3 is 15.8 Å². The third-order valence-electron chi connectivity index (χ3n) is 2.41. The van der Waals surface area contributed by atoms with E-state index in [1.165, 1.54) is 6.07 Å². The van der Waals surface area contributed by atoms with Gasteiger partial charge in [0.05, 0.1) is 5.60 Å². The summed E-state index contributed by atoms with van der Waals surface area (Å²) in [6.07, 6.45) is 0. The lowest BCUT2D eigenvalue weighted by molar-refractivity contribution is 0.0945. The molecule has 0 aliphatic carbocycles. The number of aliphatic hydroxyl groups is 1. The molecule has 0 amide bonds. The van der Waals surface area contributed by atoms with E-state index in [1.807, 2.05) is 0 Å². The molecule has 3 N–H and O–H groups in total. The topological polar surface area (TPSA) is 56.1 Å². The van der Waals surface area contributed by atoms with Crippen molar-refractivity contribution in [2.45, 2.75) is 33.3 Å². The summed E-state index contributed by atoms with van der Waals surface area (Å²) in [5.74, 6) is -0.312. The van der Waals surface area contributed by atoms with Gasteiger partial charge in [0.15, 0.2) is 0 Å². The Bertz CT molecular complexity index is 450. The van der Waals surface area contributed by atoms with Crippen molar-refractivity contribution in [1.29, 1.82) is 5.41 Å². The van der Waals surface area contributed by atoms with Gasteiger partial charge in [0, 0.05) is 23.5 Å². The zero-order valence-corrected chi connectivity index (χ0v) is 12.1. The maximum atomic E-state index is 13.5. The fraction of sp³-hybridized carbons (Fsp3) is 0.400. The van der Waals surface area contributed by atoms with E-state index in [0.717, 1.165) is 0 Å². The molecule has 1 aromatic rings. The lowest BCUT2D eigenvalue weighted by atomic mass is 10.0. The molecule has 0 heterocycles. The van der Waals surface area contributed by atoms with E-state index >= 15 is 0 Å². The number of hydrogen-bond acceptors (Lipinski definition) is 3. The monoisotopic (exact) mass is 266 g/mol. The first-order valence-electron chi connectivity index (χ1n) is 6.02. The molecular formula is C15H23FN2O. The van der Waals surface area contributed by atoms with E-state index in [4.69, 9.17) is 5.41 Å². The Morgan fingerprint density at radius 1 is 1.42 bits per heavy atom. The fourth-order valence-corrected chi connectivity index (χ4v) is 1.45. The molecule has 0 aliphatic heterocycles. The molecule has 0 fully saturated rings. The summed E-state index contributed by atoms with van der Waals surface area (Å²) < 4.78 is 13.5. The molecule has 4 heteroatoms. The Balaban J connectivity index is 0.00000154. The number of nitrogens with one attached hydrogen (secondary N) is 2. The second-order valence-electron chi connectivity index (χ2n) is 4.94. The number of rotatable bonds is 4. The highest BCUT2D eigenvalue weighted by Crippen LogP contribution is 2.21. The molecule has 0 atom stereocenters. The standard InChI is InChI=1S/C13H19FN2O.C2H4/c1-8-5-10(9(2)15)12(6-11(8)14)16-7-13(3,4)17;1-2/h5-6,15-17H,7H2,1-4H3;1-2H2. The first-order valence-corrected chi connectivity index (χ1v) is 6.02. The number of aryl methyl sites for hydroxylation is 1. The van der Waals surface area contributed by atoms with Gasteiger partial charge in [-0.1, -0.05) is 0 Å². The van der Waals surface area contributed by atoms with Crippen molar-refractivity contribution in [1.82, 2.24) is 0 Å². The van der Waals surface area contributed by atoms with Crippen LogP contribution in [0.1, 0.15) is 31.9 Å². The fourth-order valence-electron chi connectivity index (χ4n) is 1.45. The average molecular weight is 266 g/mol. The van der Waals surface area contributed by atoms with Gasteiger partial charge in [-0.3, -0.25) is 0 Å². The van der Waals surface area contributed by atoms with Crippen LogP contribution in [0.3, 0.4) is 0 Å². The highest BCUT2D eigenvalue weighted by molar-refractivity contribution is 6.01. The summed E-state index contributed by atoms with van der Waals surface area (Å²) >= 11 is 0. The van der Waals surface area contributed by atoms with Crippen molar-refractivity contribution in [2.75, 3.05) is 11.9 Å². The minimum Gasteiger partial charge on any atom is -0.389 e. The Hall–Kier alpha value is -1.68. The maximum absolute atomic E-state index is 13.5. The van der Waals surface area contributed by atoms with Gasteiger partial charge in [0.1, 0.15) is 5.82 Å². The molecule has 0 saturated carbocycles. The third-order valence-corrected chi connectivity index (χ3v) is 2.41. The van der Waals surface area contributed by atoms with Crippen LogP contribution in [-0.4, -0.2) is 23.0 Å². The molecule has 0 saturated heterocycles. The molecular weight excluding hydrogens is 243 g/mol. The van der Waals surface area contributed by atoms with Gasteiger partial charge >= 0.3 is 0 Å². The highest BCUT2D eigenvalue weighted by atomic mass is 19.1. The van der Waals surface area contributed by atoms with Crippen LogP contribution >= 0.6 is 0 Å². The molecule has 1 aromatic carbocycles. The van der Waals surface area contributed by atoms with Crippen molar-refractivity contribution >= 4 is 11.4 Å². The minimum atomic E-state index is -0.880. The van der Waals surface area contributed by atoms with Crippen LogP contribution < -0.4 is 5.32 Å². The lowest BCUT2D eigenvalue weighted by Crippen LogP contribution is -2.29. The number of hydrogen-bond donors (Lipinski definition) is 3. The molecule has 106 valence electrons. The molecule has 0 aromatic heterocycles. The van der Waals surface area contributed by atoms with Crippen molar-refractivity contribution in [3.63, 3.8) is 0 Å². The summed E-state index contributed by atoms with van der Waals surface area (Å²) in [4.78, 5) is 0. The van der Waals surface area contributed by atoms with Gasteiger partial charge in [-0.25, -0.2) is 4.39 Å². The first kappa shape index (κ1) is 17.3. The van der Waals surface area contributed by atoms with Crippen LogP contribution in [0.2, 0.25) is 0 Å². The van der Waals surface area contributed by atoms with Crippen molar-refractivity contribution < 1.29 is 9.50 Å². The molecule has 0 bridgehead atoms. The van der Waals surface area contributed by atoms with Crippen LogP contribution in [-0.2, 0) is 0 Å². The van der Waals surface area contributed by atoms with E-state index in [1.54, 1.807) is 33.8 Å². The van der Waals surface area contributed by atoms with E-state index in [0.29, 0.717) is 29.1 Å². The second-order valence-corrected chi connectivity index (χ2v) is 4.94. The smallest absolute Gasteiger partial charge is 0.128 e. The Morgan fingerprint density at radius 3 is 2.37 bits per heavy atom. The molecule has 3 nitrogen and oxygen atoms in total. The SMILES string of the molecule is C=C.CC(=N)c1cc(C)c(F)cc1NCC(C)(C)O. The number of benzene rings is 1. The highest BCUT2D eigenvalue weighted by Gasteiger charge is 2.14. The Kier molecular flexibility index (Phi) is 6.42. The van der Waals surface area contributed by atoms with E-state index in [9.17, 15) is 9.50 Å². The Labute approximate surface area is 114 Å². The molecule has 0 radical (unpaired) electrons. The maximum Gasteiger partial charge on any atom is 0.128 e. The predicted octanol–water partition coefficient (Wildman–Crippen LogP) is 3.51. The molecule has 19 heavy (non-hydrogen) atoms. The van der Waals surface area contributed by atoms with Crippen LogP contribution in [0.15, 0.2) is 25.3 Å². The average Bonchev–Trinajstić information content (AvgIpc) is 2.31. The van der Waals surface area contributed by atoms with E-state index < -0.39 is 5.60 Å². The number of halogens is 1. The predicted molar refractivity (Wildman–Crippen MR) is 79.7 cm³/mol. The van der Waals surface area contributed by atoms with Crippen LogP contribution in [0, 0.1) is 18.2 Å². The largest absolute Gasteiger partial charge is 0.389 e. The zero-order chi connectivity index (χ0) is 15.2. The zero-order valence-electron chi connectivity index (χ0n) is 12.1. The summed E-state index contributed by atoms with van der Waals surface area (Å²) in [6.45, 7) is 13.0. The van der Waals surface area contributed by atoms with E-state index in [-0.39, 0.29) is 5.82 Å². The molecule has 1 rings (SSSR count). The molecule has 0 spiro atoms. The quantitative estimate of drug-likeness (QED) is 0.577. The second kappa shape index (κ2) is 7.04. The first-order chi connectivity index (χ1) is 8.70. The van der Waals surface area contributed by atoms with E-state index in [2.05, 4.69) is 18.5 Å². The number of anilines is 1. The van der Waals surface area contributed by atoms with Crippen molar-refractivity contribution in [3.8, 4) is 0 Å². The minimum absolute atomic E-state index is 0.301. The summed E-state index contributed by atoms with van der Waals surface area (Å²) in [5, 5.41) is 20.2. The van der Waals surface area contributed by atoms with Crippen molar-refractivity contribution in [3.05, 3.63) is 42.2 Å². The van der Waals surface area contributed by atoms with Gasteiger partial charge in [-0.15, -0.1) is 13.2 Å². The van der Waals surface area contributed by atoms with Crippen LogP contribution in [0.5, 0.6) is 0 Å². The normalized spacial score (nSPS) is 10.4. The van der Waals surface area contributed by atoms with Gasteiger partial charge in [0.2, 0.25) is 0 Å². The molecule has 0 aliphatic rings. The summed E-state index contributed by atoms with van der Waals surface area (Å²) in [6, 6.07) is 3.01. The Morgan fingerprint density at radius 2 is 1.95 bits per heavy atom. The van der Waals surface area contributed by atoms with Crippen LogP contribution in [0.25, 0.3) is 0 Å². The van der Waals surface area contributed by atoms with Gasteiger partial charge in [-0.2, -0.15) is 0 Å². The van der Waals surface area contributed by atoms with Crippen molar-refractivity contribution in [2.24, 2.45) is 0 Å².